The zero-order chi connectivity index (χ0) is 24.6. The summed E-state index contributed by atoms with van der Waals surface area (Å²) in [4.78, 5) is 21.6. The van der Waals surface area contributed by atoms with Gasteiger partial charge in [-0.05, 0) is 48.5 Å². The molecule has 10 heteroatoms. The molecule has 5 aromatic heterocycles. The van der Waals surface area contributed by atoms with Crippen LogP contribution in [0.15, 0.2) is 61.1 Å². The Balaban J connectivity index is 1.44. The summed E-state index contributed by atoms with van der Waals surface area (Å²) in [5.74, 6) is -0.243. The number of rotatable bonds is 6. The predicted molar refractivity (Wildman–Crippen MR) is 134 cm³/mol. The smallest absolute Gasteiger partial charge is 0.161 e. The van der Waals surface area contributed by atoms with Gasteiger partial charge in [-0.3, -0.25) is 15.1 Å². The van der Waals surface area contributed by atoms with E-state index in [1.165, 1.54) is 12.1 Å². The first-order valence-electron chi connectivity index (χ1n) is 11.4. The van der Waals surface area contributed by atoms with Crippen molar-refractivity contribution in [3.05, 3.63) is 72.4 Å². The Morgan fingerprint density at radius 2 is 1.83 bits per heavy atom. The number of aromatic hydroxyl groups is 1. The number of phenols is 1. The molecule has 0 saturated carbocycles. The van der Waals surface area contributed by atoms with E-state index in [0.29, 0.717) is 39.3 Å². The van der Waals surface area contributed by atoms with E-state index >= 15 is 0 Å². The summed E-state index contributed by atoms with van der Waals surface area (Å²) >= 11 is 0. The van der Waals surface area contributed by atoms with Crippen LogP contribution in [0.3, 0.4) is 0 Å². The first-order valence-corrected chi connectivity index (χ1v) is 11.4. The Bertz CT molecular complexity index is 1700. The summed E-state index contributed by atoms with van der Waals surface area (Å²) in [6.07, 6.45) is 5.23. The third-order valence-corrected chi connectivity index (χ3v) is 5.86. The molecule has 5 heterocycles. The molecular formula is C26H21FN8O. The maximum atomic E-state index is 13.9. The molecule has 9 nitrogen and oxygen atoms in total. The second-order valence-corrected chi connectivity index (χ2v) is 8.37. The summed E-state index contributed by atoms with van der Waals surface area (Å²) in [5, 5.41) is 20.6. The quantitative estimate of drug-likeness (QED) is 0.275. The molecule has 0 radical (unpaired) electrons. The predicted octanol–water partition coefficient (Wildman–Crippen LogP) is 4.58. The Kier molecular flexibility index (Phi) is 5.34. The molecule has 0 bridgehead atoms. The first-order chi connectivity index (χ1) is 17.6. The lowest BCUT2D eigenvalue weighted by Gasteiger charge is -2.05. The fourth-order valence-corrected chi connectivity index (χ4v) is 4.19. The molecule has 4 N–H and O–H groups in total. The van der Waals surface area contributed by atoms with Gasteiger partial charge >= 0.3 is 0 Å². The molecule has 0 spiro atoms. The van der Waals surface area contributed by atoms with Gasteiger partial charge < -0.3 is 15.4 Å². The molecule has 0 amide bonds. The normalized spacial score (nSPS) is 11.5. The van der Waals surface area contributed by atoms with Crippen LogP contribution >= 0.6 is 0 Å². The number of benzene rings is 1. The minimum Gasteiger partial charge on any atom is -0.508 e. The van der Waals surface area contributed by atoms with E-state index in [9.17, 15) is 9.50 Å². The van der Waals surface area contributed by atoms with Crippen LogP contribution in [0.2, 0.25) is 0 Å². The Hall–Kier alpha value is -4.70. The van der Waals surface area contributed by atoms with E-state index in [1.54, 1.807) is 18.5 Å². The highest BCUT2D eigenvalue weighted by atomic mass is 19.1. The molecule has 0 fully saturated rings. The topological polar surface area (TPSA) is 128 Å². The van der Waals surface area contributed by atoms with E-state index in [4.69, 9.17) is 9.97 Å². The van der Waals surface area contributed by atoms with E-state index in [0.717, 1.165) is 41.5 Å². The average molecular weight is 481 g/mol. The number of phenolic OH excluding ortho intramolecular Hbond substituents is 1. The van der Waals surface area contributed by atoms with Crippen molar-refractivity contribution < 1.29 is 9.50 Å². The van der Waals surface area contributed by atoms with Gasteiger partial charge in [-0.2, -0.15) is 5.10 Å². The van der Waals surface area contributed by atoms with Crippen molar-refractivity contribution in [2.75, 3.05) is 6.54 Å². The van der Waals surface area contributed by atoms with Crippen molar-refractivity contribution in [2.45, 2.75) is 13.5 Å². The number of nitrogens with one attached hydrogen (secondary N) is 3. The van der Waals surface area contributed by atoms with Crippen LogP contribution in [-0.2, 0) is 6.54 Å². The van der Waals surface area contributed by atoms with E-state index in [-0.39, 0.29) is 5.75 Å². The summed E-state index contributed by atoms with van der Waals surface area (Å²) < 4.78 is 13.9. The van der Waals surface area contributed by atoms with Crippen molar-refractivity contribution in [1.82, 2.24) is 40.4 Å². The van der Waals surface area contributed by atoms with Gasteiger partial charge in [-0.15, -0.1) is 0 Å². The number of pyridine rings is 3. The number of nitrogens with zero attached hydrogens (tertiary/aromatic N) is 5. The molecule has 6 aromatic rings. The maximum Gasteiger partial charge on any atom is 0.161 e. The number of hydrogen-bond acceptors (Lipinski definition) is 7. The number of halogens is 1. The zero-order valence-electron chi connectivity index (χ0n) is 19.2. The third-order valence-electron chi connectivity index (χ3n) is 5.86. The number of aromatic nitrogens is 7. The fourth-order valence-electron chi connectivity index (χ4n) is 4.19. The number of aromatic amines is 2. The average Bonchev–Trinajstić information content (AvgIpc) is 3.50. The lowest BCUT2D eigenvalue weighted by Crippen LogP contribution is -2.11. The van der Waals surface area contributed by atoms with Crippen molar-refractivity contribution in [3.8, 4) is 39.8 Å². The summed E-state index contributed by atoms with van der Waals surface area (Å²) in [6, 6.07) is 11.5. The molecule has 0 aliphatic heterocycles. The van der Waals surface area contributed by atoms with Gasteiger partial charge in [0.15, 0.2) is 11.5 Å². The van der Waals surface area contributed by atoms with Crippen molar-refractivity contribution in [1.29, 1.82) is 0 Å². The van der Waals surface area contributed by atoms with Crippen molar-refractivity contribution in [3.63, 3.8) is 0 Å². The van der Waals surface area contributed by atoms with Gasteiger partial charge in [0.1, 0.15) is 22.6 Å². The second kappa shape index (κ2) is 8.82. The van der Waals surface area contributed by atoms with Crippen LogP contribution in [0.5, 0.6) is 5.75 Å². The molecule has 6 rings (SSSR count). The lowest BCUT2D eigenvalue weighted by molar-refractivity contribution is 0.469. The highest BCUT2D eigenvalue weighted by Crippen LogP contribution is 2.32. The minimum absolute atomic E-state index is 0.182. The van der Waals surface area contributed by atoms with Gasteiger partial charge in [-0.1, -0.05) is 6.92 Å². The van der Waals surface area contributed by atoms with Gasteiger partial charge in [0, 0.05) is 42.3 Å². The Morgan fingerprint density at radius 1 is 0.944 bits per heavy atom. The van der Waals surface area contributed by atoms with Gasteiger partial charge in [0.2, 0.25) is 0 Å². The minimum atomic E-state index is -0.557. The first kappa shape index (κ1) is 21.8. The Labute approximate surface area is 204 Å². The molecule has 0 unspecified atom stereocenters. The summed E-state index contributed by atoms with van der Waals surface area (Å²) in [5.41, 5.74) is 6.82. The molecule has 0 aliphatic rings. The fraction of sp³-hybridized carbons (Fsp3) is 0.115. The van der Waals surface area contributed by atoms with Gasteiger partial charge in [0.05, 0.1) is 22.4 Å². The maximum absolute atomic E-state index is 13.9. The van der Waals surface area contributed by atoms with E-state index < -0.39 is 5.82 Å². The summed E-state index contributed by atoms with van der Waals surface area (Å²) in [7, 11) is 0. The molecule has 0 saturated heterocycles. The number of fused-ring (bicyclic) bond motifs is 2. The zero-order valence-corrected chi connectivity index (χ0v) is 19.2. The third kappa shape index (κ3) is 3.93. The second-order valence-electron chi connectivity index (χ2n) is 8.37. The molecule has 0 atom stereocenters. The monoisotopic (exact) mass is 480 g/mol. The van der Waals surface area contributed by atoms with Crippen LogP contribution < -0.4 is 5.32 Å². The van der Waals surface area contributed by atoms with Crippen LogP contribution in [0.25, 0.3) is 56.1 Å². The van der Waals surface area contributed by atoms with Crippen LogP contribution in [0.1, 0.15) is 12.5 Å². The van der Waals surface area contributed by atoms with E-state index in [1.807, 2.05) is 18.3 Å². The van der Waals surface area contributed by atoms with Crippen LogP contribution in [-0.4, -0.2) is 46.8 Å². The van der Waals surface area contributed by atoms with Crippen LogP contribution in [0.4, 0.5) is 4.39 Å². The standard InChI is InChI=1S/C26H21FN8O/c1-2-28-11-14-7-16(13-29-12-14)19-3-4-21-24(31-19)25(35-34-21)26-32-20-5-6-30-22(23(20)33-26)15-8-17(27)10-18(36)9-15/h3-10,12-13,28,36H,2,11H2,1H3,(H,32,33)(H,34,35). The molecule has 0 aliphatic carbocycles. The molecular weight excluding hydrogens is 459 g/mol. The highest BCUT2D eigenvalue weighted by Gasteiger charge is 2.18. The van der Waals surface area contributed by atoms with Crippen LogP contribution in [0, 0.1) is 5.82 Å². The Morgan fingerprint density at radius 3 is 2.69 bits per heavy atom. The molecule has 1 aromatic carbocycles. The van der Waals surface area contributed by atoms with Crippen molar-refractivity contribution in [2.24, 2.45) is 0 Å². The lowest BCUT2D eigenvalue weighted by atomic mass is 10.1. The number of H-pyrrole nitrogens is 2. The number of hydrogen-bond donors (Lipinski definition) is 4. The van der Waals surface area contributed by atoms with Gasteiger partial charge in [0.25, 0.3) is 0 Å². The summed E-state index contributed by atoms with van der Waals surface area (Å²) in [6.45, 7) is 3.67. The number of imidazole rings is 1. The highest BCUT2D eigenvalue weighted by molar-refractivity contribution is 5.95. The molecule has 178 valence electrons. The van der Waals surface area contributed by atoms with Crippen molar-refractivity contribution >= 4 is 22.1 Å². The van der Waals surface area contributed by atoms with Gasteiger partial charge in [-0.25, -0.2) is 14.4 Å². The van der Waals surface area contributed by atoms with E-state index in [2.05, 4.69) is 43.5 Å². The molecule has 36 heavy (non-hydrogen) atoms. The SMILES string of the molecule is CCNCc1cncc(-c2ccc3[nH]nc(-c4nc5c(-c6cc(O)cc(F)c6)nccc5[nH]4)c3n2)c1. The largest absolute Gasteiger partial charge is 0.508 e.